The molecule has 7 heteroatoms. The number of rotatable bonds is 5. The van der Waals surface area contributed by atoms with Gasteiger partial charge in [0.2, 0.25) is 11.8 Å². The highest BCUT2D eigenvalue weighted by Gasteiger charge is 2.12. The van der Waals surface area contributed by atoms with Gasteiger partial charge < -0.3 is 14.8 Å². The first-order valence-corrected chi connectivity index (χ1v) is 9.21. The van der Waals surface area contributed by atoms with Gasteiger partial charge in [0.25, 0.3) is 5.22 Å². The van der Waals surface area contributed by atoms with Gasteiger partial charge in [0.1, 0.15) is 5.75 Å². The zero-order valence-corrected chi connectivity index (χ0v) is 14.9. The Kier molecular flexibility index (Phi) is 4.76. The molecular formula is C20H15N3O3S. The zero-order chi connectivity index (χ0) is 18.6. The molecule has 1 heterocycles. The van der Waals surface area contributed by atoms with Gasteiger partial charge >= 0.3 is 0 Å². The molecule has 0 atom stereocenters. The van der Waals surface area contributed by atoms with E-state index < -0.39 is 0 Å². The summed E-state index contributed by atoms with van der Waals surface area (Å²) in [6.45, 7) is 0. The van der Waals surface area contributed by atoms with E-state index in [0.717, 1.165) is 16.5 Å². The van der Waals surface area contributed by atoms with E-state index in [1.165, 1.54) is 11.8 Å². The number of hydrogen-bond acceptors (Lipinski definition) is 6. The fourth-order valence-electron chi connectivity index (χ4n) is 2.64. The molecule has 2 N–H and O–H groups in total. The van der Waals surface area contributed by atoms with Crippen molar-refractivity contribution in [1.82, 2.24) is 10.2 Å². The third-order valence-corrected chi connectivity index (χ3v) is 4.73. The predicted octanol–water partition coefficient (Wildman–Crippen LogP) is 4.33. The molecule has 4 rings (SSSR count). The summed E-state index contributed by atoms with van der Waals surface area (Å²) in [5.74, 6) is 0.506. The fraction of sp³-hybridized carbons (Fsp3) is 0.0500. The topological polar surface area (TPSA) is 88.2 Å². The first kappa shape index (κ1) is 17.1. The van der Waals surface area contributed by atoms with Gasteiger partial charge in [0.15, 0.2) is 0 Å². The Morgan fingerprint density at radius 1 is 1.00 bits per heavy atom. The average Bonchev–Trinajstić information content (AvgIpc) is 3.16. The number of phenolic OH excluding ortho intramolecular Hbond substituents is 1. The van der Waals surface area contributed by atoms with Crippen LogP contribution < -0.4 is 5.32 Å². The van der Waals surface area contributed by atoms with Crippen molar-refractivity contribution >= 4 is 34.1 Å². The Balaban J connectivity index is 1.40. The second-order valence-electron chi connectivity index (χ2n) is 5.78. The van der Waals surface area contributed by atoms with Crippen molar-refractivity contribution in [3.05, 3.63) is 66.7 Å². The molecule has 134 valence electrons. The van der Waals surface area contributed by atoms with Gasteiger partial charge in [-0.2, -0.15) is 0 Å². The van der Waals surface area contributed by atoms with Crippen LogP contribution in [0.4, 0.5) is 5.69 Å². The van der Waals surface area contributed by atoms with E-state index in [0.29, 0.717) is 16.7 Å². The number of phenols is 1. The maximum atomic E-state index is 12.3. The Hall–Kier alpha value is -3.32. The smallest absolute Gasteiger partial charge is 0.277 e. The van der Waals surface area contributed by atoms with Gasteiger partial charge in [-0.25, -0.2) is 0 Å². The number of nitrogens with zero attached hydrogens (tertiary/aromatic N) is 2. The van der Waals surface area contributed by atoms with Crippen LogP contribution in [-0.4, -0.2) is 27.0 Å². The summed E-state index contributed by atoms with van der Waals surface area (Å²) in [5, 5.41) is 22.5. The Labute approximate surface area is 159 Å². The molecule has 0 aliphatic heterocycles. The van der Waals surface area contributed by atoms with E-state index in [-0.39, 0.29) is 17.4 Å². The summed E-state index contributed by atoms with van der Waals surface area (Å²) >= 11 is 1.17. The summed E-state index contributed by atoms with van der Waals surface area (Å²) in [4.78, 5) is 12.3. The monoisotopic (exact) mass is 377 g/mol. The summed E-state index contributed by atoms with van der Waals surface area (Å²) < 4.78 is 5.56. The van der Waals surface area contributed by atoms with Crippen LogP contribution in [0.15, 0.2) is 76.4 Å². The number of aromatic nitrogens is 2. The minimum atomic E-state index is -0.152. The number of anilines is 1. The molecule has 27 heavy (non-hydrogen) atoms. The highest BCUT2D eigenvalue weighted by atomic mass is 32.2. The van der Waals surface area contributed by atoms with Crippen LogP contribution in [0, 0.1) is 0 Å². The van der Waals surface area contributed by atoms with Crippen LogP contribution in [0.2, 0.25) is 0 Å². The fourth-order valence-corrected chi connectivity index (χ4v) is 3.20. The van der Waals surface area contributed by atoms with Gasteiger partial charge in [-0.15, -0.1) is 10.2 Å². The molecule has 1 amide bonds. The number of aromatic hydroxyl groups is 1. The third-order valence-electron chi connectivity index (χ3n) is 3.91. The lowest BCUT2D eigenvalue weighted by Crippen LogP contribution is -2.14. The second kappa shape index (κ2) is 7.51. The first-order valence-electron chi connectivity index (χ1n) is 8.22. The molecule has 3 aromatic carbocycles. The van der Waals surface area contributed by atoms with E-state index in [4.69, 9.17) is 4.42 Å². The van der Waals surface area contributed by atoms with E-state index in [1.54, 1.807) is 24.3 Å². The number of thioether (sulfide) groups is 1. The number of amides is 1. The maximum Gasteiger partial charge on any atom is 0.277 e. The second-order valence-corrected chi connectivity index (χ2v) is 6.71. The van der Waals surface area contributed by atoms with Gasteiger partial charge in [-0.3, -0.25) is 4.79 Å². The van der Waals surface area contributed by atoms with Crippen molar-refractivity contribution < 1.29 is 14.3 Å². The summed E-state index contributed by atoms with van der Waals surface area (Å²) in [6.07, 6.45) is 0. The van der Waals surface area contributed by atoms with E-state index in [1.807, 2.05) is 42.5 Å². The molecular weight excluding hydrogens is 362 g/mol. The third kappa shape index (κ3) is 3.93. The van der Waals surface area contributed by atoms with Crippen LogP contribution >= 0.6 is 11.8 Å². The average molecular weight is 377 g/mol. The van der Waals surface area contributed by atoms with Crippen LogP contribution in [-0.2, 0) is 4.79 Å². The minimum Gasteiger partial charge on any atom is -0.508 e. The van der Waals surface area contributed by atoms with Gasteiger partial charge in [0, 0.05) is 16.6 Å². The first-order chi connectivity index (χ1) is 13.2. The van der Waals surface area contributed by atoms with Crippen LogP contribution in [0.5, 0.6) is 5.75 Å². The molecule has 0 saturated carbocycles. The summed E-state index contributed by atoms with van der Waals surface area (Å²) in [7, 11) is 0. The molecule has 4 aromatic rings. The molecule has 0 unspecified atom stereocenters. The maximum absolute atomic E-state index is 12.3. The molecule has 0 aliphatic rings. The van der Waals surface area contributed by atoms with Crippen molar-refractivity contribution in [1.29, 1.82) is 0 Å². The van der Waals surface area contributed by atoms with Crippen molar-refractivity contribution in [2.75, 3.05) is 11.1 Å². The molecule has 0 bridgehead atoms. The lowest BCUT2D eigenvalue weighted by Gasteiger charge is -2.07. The van der Waals surface area contributed by atoms with Crippen molar-refractivity contribution in [3.8, 4) is 17.2 Å². The number of hydrogen-bond donors (Lipinski definition) is 2. The molecule has 6 nitrogen and oxygen atoms in total. The van der Waals surface area contributed by atoms with Crippen molar-refractivity contribution in [2.24, 2.45) is 0 Å². The van der Waals surface area contributed by atoms with Crippen molar-refractivity contribution in [3.63, 3.8) is 0 Å². The Morgan fingerprint density at radius 2 is 1.78 bits per heavy atom. The largest absolute Gasteiger partial charge is 0.508 e. The quantitative estimate of drug-likeness (QED) is 0.504. The normalized spacial score (nSPS) is 10.8. The number of nitrogens with one attached hydrogen (secondary N) is 1. The SMILES string of the molecule is O=C(CSc1nnc(-c2ccc(O)cc2)o1)Nc1cccc2ccccc12. The molecule has 0 saturated heterocycles. The molecule has 0 spiro atoms. The van der Waals surface area contributed by atoms with E-state index in [2.05, 4.69) is 15.5 Å². The Bertz CT molecular complexity index is 1090. The van der Waals surface area contributed by atoms with E-state index in [9.17, 15) is 9.90 Å². The van der Waals surface area contributed by atoms with E-state index >= 15 is 0 Å². The standard InChI is InChI=1S/C20H15N3O3S/c24-15-10-8-14(9-11-15)19-22-23-20(26-19)27-12-18(25)21-17-7-3-5-13-4-1-2-6-16(13)17/h1-11,24H,12H2,(H,21,25). The highest BCUT2D eigenvalue weighted by molar-refractivity contribution is 7.99. The summed E-state index contributed by atoms with van der Waals surface area (Å²) in [6, 6.07) is 20.1. The van der Waals surface area contributed by atoms with Gasteiger partial charge in [0.05, 0.1) is 5.75 Å². The lowest BCUT2D eigenvalue weighted by atomic mass is 10.1. The van der Waals surface area contributed by atoms with Crippen molar-refractivity contribution in [2.45, 2.75) is 5.22 Å². The number of benzene rings is 3. The molecule has 0 radical (unpaired) electrons. The van der Waals surface area contributed by atoms with Gasteiger partial charge in [-0.05, 0) is 35.7 Å². The minimum absolute atomic E-state index is 0.152. The molecule has 0 aliphatic carbocycles. The van der Waals surface area contributed by atoms with Crippen LogP contribution in [0.1, 0.15) is 0 Å². The number of carbonyl (C=O) groups is 1. The van der Waals surface area contributed by atoms with Crippen LogP contribution in [0.3, 0.4) is 0 Å². The number of carbonyl (C=O) groups excluding carboxylic acids is 1. The Morgan fingerprint density at radius 3 is 2.63 bits per heavy atom. The summed E-state index contributed by atoms with van der Waals surface area (Å²) in [5.41, 5.74) is 1.47. The lowest BCUT2D eigenvalue weighted by molar-refractivity contribution is -0.113. The van der Waals surface area contributed by atoms with Gasteiger partial charge in [-0.1, -0.05) is 48.2 Å². The molecule has 0 fully saturated rings. The molecule has 1 aromatic heterocycles. The number of fused-ring (bicyclic) bond motifs is 1. The zero-order valence-electron chi connectivity index (χ0n) is 14.1. The predicted molar refractivity (Wildman–Crippen MR) is 105 cm³/mol. The highest BCUT2D eigenvalue weighted by Crippen LogP contribution is 2.26. The van der Waals surface area contributed by atoms with Crippen LogP contribution in [0.25, 0.3) is 22.2 Å².